The summed E-state index contributed by atoms with van der Waals surface area (Å²) in [5.74, 6) is -0.0570. The van der Waals surface area contributed by atoms with Crippen LogP contribution in [0.15, 0.2) is 12.1 Å². The molecule has 0 bridgehead atoms. The summed E-state index contributed by atoms with van der Waals surface area (Å²) >= 11 is 0. The Labute approximate surface area is 111 Å². The zero-order valence-corrected chi connectivity index (χ0v) is 11.3. The molecule has 2 amide bonds. The molecule has 7 heteroatoms. The number of rotatable bonds is 5. The highest BCUT2D eigenvalue weighted by atomic mass is 19.1. The van der Waals surface area contributed by atoms with E-state index in [1.165, 1.54) is 24.1 Å². The van der Waals surface area contributed by atoms with Gasteiger partial charge in [-0.1, -0.05) is 0 Å². The van der Waals surface area contributed by atoms with Crippen molar-refractivity contribution in [3.8, 4) is 5.75 Å². The Balaban J connectivity index is 2.52. The van der Waals surface area contributed by atoms with E-state index in [1.54, 1.807) is 14.1 Å². The van der Waals surface area contributed by atoms with Gasteiger partial charge in [-0.3, -0.25) is 0 Å². The highest BCUT2D eigenvalue weighted by Gasteiger charge is 2.08. The van der Waals surface area contributed by atoms with Crippen LogP contribution >= 0.6 is 0 Å². The number of nitrogens with two attached hydrogens (primary N) is 1. The van der Waals surface area contributed by atoms with Gasteiger partial charge >= 0.3 is 6.03 Å². The lowest BCUT2D eigenvalue weighted by molar-refractivity contribution is 0.218. The Hall–Kier alpha value is -2.18. The van der Waals surface area contributed by atoms with Crippen LogP contribution in [0.25, 0.3) is 0 Å². The van der Waals surface area contributed by atoms with Crippen molar-refractivity contribution in [1.82, 2.24) is 10.2 Å². The maximum Gasteiger partial charge on any atom is 0.316 e. The van der Waals surface area contributed by atoms with Crippen LogP contribution in [0.4, 0.5) is 20.6 Å². The molecule has 0 spiro atoms. The number of halogens is 1. The quantitative estimate of drug-likeness (QED) is 0.553. The third-order valence-electron chi connectivity index (χ3n) is 2.44. The predicted molar refractivity (Wildman–Crippen MR) is 72.9 cm³/mol. The number of hydrogen-bond acceptors (Lipinski definition) is 4. The number of amides is 2. The van der Waals surface area contributed by atoms with Gasteiger partial charge in [0, 0.05) is 39.3 Å². The third-order valence-corrected chi connectivity index (χ3v) is 2.44. The Morgan fingerprint density at radius 1 is 1.42 bits per heavy atom. The second-order valence-electron chi connectivity index (χ2n) is 4.13. The van der Waals surface area contributed by atoms with E-state index in [2.05, 4.69) is 10.6 Å². The normalized spacial score (nSPS) is 9.89. The fraction of sp³-hybridized carbons (Fsp3) is 0.417. The largest absolute Gasteiger partial charge is 0.495 e. The molecule has 0 saturated carbocycles. The van der Waals surface area contributed by atoms with Gasteiger partial charge in [0.25, 0.3) is 0 Å². The molecule has 106 valence electrons. The van der Waals surface area contributed by atoms with Gasteiger partial charge in [0.1, 0.15) is 11.6 Å². The average Bonchev–Trinajstić information content (AvgIpc) is 2.36. The Morgan fingerprint density at radius 3 is 2.68 bits per heavy atom. The maximum absolute atomic E-state index is 13.6. The molecule has 6 nitrogen and oxygen atoms in total. The topological polar surface area (TPSA) is 79.6 Å². The Morgan fingerprint density at radius 2 is 2.11 bits per heavy atom. The molecule has 1 rings (SSSR count). The smallest absolute Gasteiger partial charge is 0.316 e. The zero-order chi connectivity index (χ0) is 14.4. The van der Waals surface area contributed by atoms with E-state index in [1.807, 2.05) is 0 Å². The summed E-state index contributed by atoms with van der Waals surface area (Å²) in [6.45, 7) is 0.771. The van der Waals surface area contributed by atoms with Crippen LogP contribution in [-0.4, -0.2) is 45.2 Å². The lowest BCUT2D eigenvalue weighted by atomic mass is 10.2. The summed E-state index contributed by atoms with van der Waals surface area (Å²) in [5.41, 5.74) is 6.10. The zero-order valence-electron chi connectivity index (χ0n) is 11.3. The molecule has 4 N–H and O–H groups in total. The van der Waals surface area contributed by atoms with Gasteiger partial charge in [-0.25, -0.2) is 9.18 Å². The van der Waals surface area contributed by atoms with Gasteiger partial charge in [-0.05, 0) is 0 Å². The summed E-state index contributed by atoms with van der Waals surface area (Å²) in [5, 5.41) is 5.52. The van der Waals surface area contributed by atoms with E-state index in [4.69, 9.17) is 10.5 Å². The van der Waals surface area contributed by atoms with E-state index in [-0.39, 0.29) is 17.4 Å². The lowest BCUT2D eigenvalue weighted by Gasteiger charge is -2.14. The minimum atomic E-state index is -0.461. The number of methoxy groups -OCH3 is 1. The highest BCUT2D eigenvalue weighted by molar-refractivity contribution is 5.73. The third kappa shape index (κ3) is 4.20. The van der Waals surface area contributed by atoms with Crippen molar-refractivity contribution in [1.29, 1.82) is 0 Å². The number of nitrogens with zero attached hydrogens (tertiary/aromatic N) is 1. The maximum atomic E-state index is 13.6. The van der Waals surface area contributed by atoms with Crippen molar-refractivity contribution in [3.63, 3.8) is 0 Å². The van der Waals surface area contributed by atoms with Crippen molar-refractivity contribution >= 4 is 17.4 Å². The van der Waals surface area contributed by atoms with Crippen LogP contribution in [0.1, 0.15) is 0 Å². The molecule has 0 fully saturated rings. The number of nitrogen functional groups attached to an aromatic ring is 1. The number of carbonyl (C=O) groups excluding carboxylic acids is 1. The standard InChI is InChI=1S/C12H19FN4O2/c1-17(2)12(18)16-5-4-15-10-7-11(19-3)9(14)6-8(10)13/h6-7,15H,4-5,14H2,1-3H3,(H,16,18). The second-order valence-corrected chi connectivity index (χ2v) is 4.13. The van der Waals surface area contributed by atoms with Crippen molar-refractivity contribution in [2.24, 2.45) is 0 Å². The number of carbonyl (C=O) groups is 1. The molecular formula is C12H19FN4O2. The number of urea groups is 1. The van der Waals surface area contributed by atoms with Gasteiger partial charge in [0.2, 0.25) is 0 Å². The predicted octanol–water partition coefficient (Wildman–Crippen LogP) is 1.10. The van der Waals surface area contributed by atoms with Crippen molar-refractivity contribution < 1.29 is 13.9 Å². The van der Waals surface area contributed by atoms with E-state index < -0.39 is 5.82 Å². The summed E-state index contributed by atoms with van der Waals surface area (Å²) in [6, 6.07) is 2.48. The molecule has 1 aromatic carbocycles. The van der Waals surface area contributed by atoms with Crippen LogP contribution in [0, 0.1) is 5.82 Å². The minimum Gasteiger partial charge on any atom is -0.495 e. The molecule has 0 aliphatic heterocycles. The number of benzene rings is 1. The van der Waals surface area contributed by atoms with Crippen LogP contribution in [-0.2, 0) is 0 Å². The first-order chi connectivity index (χ1) is 8.95. The van der Waals surface area contributed by atoms with E-state index in [0.717, 1.165) is 0 Å². The first-order valence-electron chi connectivity index (χ1n) is 5.77. The van der Waals surface area contributed by atoms with Crippen molar-refractivity contribution in [3.05, 3.63) is 17.9 Å². The molecule has 0 radical (unpaired) electrons. The molecule has 0 aromatic heterocycles. The number of nitrogens with one attached hydrogen (secondary N) is 2. The van der Waals surface area contributed by atoms with Crippen molar-refractivity contribution in [2.45, 2.75) is 0 Å². The van der Waals surface area contributed by atoms with Gasteiger partial charge in [0.15, 0.2) is 0 Å². The first-order valence-corrected chi connectivity index (χ1v) is 5.77. The van der Waals surface area contributed by atoms with Crippen molar-refractivity contribution in [2.75, 3.05) is 45.3 Å². The summed E-state index contributed by atoms with van der Waals surface area (Å²) in [4.78, 5) is 12.7. The van der Waals surface area contributed by atoms with E-state index in [0.29, 0.717) is 18.8 Å². The molecule has 0 heterocycles. The molecule has 0 saturated heterocycles. The Kier molecular flexibility index (Phi) is 5.23. The van der Waals surface area contributed by atoms with Gasteiger partial charge < -0.3 is 26.0 Å². The average molecular weight is 270 g/mol. The fourth-order valence-electron chi connectivity index (χ4n) is 1.41. The van der Waals surface area contributed by atoms with Crippen LogP contribution in [0.2, 0.25) is 0 Å². The molecule has 0 atom stereocenters. The van der Waals surface area contributed by atoms with Gasteiger partial charge in [-0.2, -0.15) is 0 Å². The monoisotopic (exact) mass is 270 g/mol. The van der Waals surface area contributed by atoms with Crippen LogP contribution in [0.5, 0.6) is 5.75 Å². The summed E-state index contributed by atoms with van der Waals surface area (Å²) in [6.07, 6.45) is 0. The first kappa shape index (κ1) is 14.9. The highest BCUT2D eigenvalue weighted by Crippen LogP contribution is 2.27. The van der Waals surface area contributed by atoms with Crippen LogP contribution in [0.3, 0.4) is 0 Å². The molecular weight excluding hydrogens is 251 g/mol. The molecule has 1 aromatic rings. The van der Waals surface area contributed by atoms with Crippen LogP contribution < -0.4 is 21.1 Å². The fourth-order valence-corrected chi connectivity index (χ4v) is 1.41. The SMILES string of the molecule is COc1cc(NCCNC(=O)N(C)C)c(F)cc1N. The molecule has 19 heavy (non-hydrogen) atoms. The number of ether oxygens (including phenoxy) is 1. The summed E-state index contributed by atoms with van der Waals surface area (Å²) in [7, 11) is 4.76. The lowest BCUT2D eigenvalue weighted by Crippen LogP contribution is -2.37. The minimum absolute atomic E-state index is 0.197. The van der Waals surface area contributed by atoms with E-state index >= 15 is 0 Å². The number of hydrogen-bond donors (Lipinski definition) is 3. The summed E-state index contributed by atoms with van der Waals surface area (Å²) < 4.78 is 18.6. The van der Waals surface area contributed by atoms with Gasteiger partial charge in [-0.15, -0.1) is 0 Å². The van der Waals surface area contributed by atoms with Gasteiger partial charge in [0.05, 0.1) is 18.5 Å². The number of anilines is 2. The second kappa shape index (κ2) is 6.67. The van der Waals surface area contributed by atoms with E-state index in [9.17, 15) is 9.18 Å². The Bertz CT molecular complexity index is 452. The molecule has 0 aliphatic carbocycles. The molecule has 0 unspecified atom stereocenters. The molecule has 0 aliphatic rings.